The molecule has 2 atom stereocenters. The van der Waals surface area contributed by atoms with Gasteiger partial charge in [-0.15, -0.1) is 11.8 Å². The molecule has 2 aliphatic heterocycles. The predicted octanol–water partition coefficient (Wildman–Crippen LogP) is 5.09. The summed E-state index contributed by atoms with van der Waals surface area (Å²) in [6.07, 6.45) is -5.81. The van der Waals surface area contributed by atoms with Crippen molar-refractivity contribution < 1.29 is 32.4 Å². The summed E-state index contributed by atoms with van der Waals surface area (Å²) < 4.78 is 42.3. The summed E-state index contributed by atoms with van der Waals surface area (Å²) in [7, 11) is 0. The Morgan fingerprint density at radius 2 is 1.85 bits per heavy atom. The summed E-state index contributed by atoms with van der Waals surface area (Å²) in [5.41, 5.74) is -3.07. The number of hydrogen-bond acceptors (Lipinski definition) is 6. The van der Waals surface area contributed by atoms with Gasteiger partial charge in [-0.3, -0.25) is 14.4 Å². The van der Waals surface area contributed by atoms with Crippen LogP contribution in [-0.2, 0) is 15.2 Å². The van der Waals surface area contributed by atoms with Gasteiger partial charge in [0.25, 0.3) is 11.5 Å². The van der Waals surface area contributed by atoms with Crippen LogP contribution in [-0.4, -0.2) is 40.5 Å². The number of ketones is 2. The number of aryl methyl sites for hydroxylation is 1. The zero-order chi connectivity index (χ0) is 24.8. The SMILES string of the molecule is Cc1cc(C(=O)C2=NO[C@@](c3cc(Cl)cc(Cl)c3)(C(F)(F)F)C2)ccc1C(=O)NC1SCC1=O. The van der Waals surface area contributed by atoms with Crippen molar-refractivity contribution in [1.82, 2.24) is 5.32 Å². The van der Waals surface area contributed by atoms with Crippen LogP contribution in [0, 0.1) is 6.92 Å². The third-order valence-electron chi connectivity index (χ3n) is 5.46. The molecule has 0 bridgehead atoms. The lowest BCUT2D eigenvalue weighted by atomic mass is 9.86. The molecule has 1 saturated heterocycles. The summed E-state index contributed by atoms with van der Waals surface area (Å²) in [6.45, 7) is 1.57. The molecule has 0 saturated carbocycles. The van der Waals surface area contributed by atoms with Crippen molar-refractivity contribution in [2.24, 2.45) is 5.16 Å². The van der Waals surface area contributed by atoms with Gasteiger partial charge in [0.1, 0.15) is 11.1 Å². The highest BCUT2D eigenvalue weighted by atomic mass is 35.5. The fraction of sp³-hybridized carbons (Fsp3) is 0.273. The number of rotatable bonds is 5. The van der Waals surface area contributed by atoms with Crippen LogP contribution in [0.3, 0.4) is 0 Å². The third kappa shape index (κ3) is 4.42. The van der Waals surface area contributed by atoms with E-state index in [4.69, 9.17) is 28.0 Å². The number of thioether (sulfide) groups is 1. The number of Topliss-reactive ketones (excluding diaryl/α,β-unsaturated/α-hetero) is 2. The van der Waals surface area contributed by atoms with Gasteiger partial charge in [0.2, 0.25) is 5.78 Å². The van der Waals surface area contributed by atoms with E-state index < -0.39 is 41.0 Å². The zero-order valence-electron chi connectivity index (χ0n) is 17.3. The van der Waals surface area contributed by atoms with Crippen molar-refractivity contribution >= 4 is 58.1 Å². The van der Waals surface area contributed by atoms with Crippen molar-refractivity contribution in [2.45, 2.75) is 30.5 Å². The van der Waals surface area contributed by atoms with Crippen molar-refractivity contribution in [3.8, 4) is 0 Å². The lowest BCUT2D eigenvalue weighted by Crippen LogP contribution is -2.46. The number of oxime groups is 1. The van der Waals surface area contributed by atoms with Gasteiger partial charge >= 0.3 is 6.18 Å². The first kappa shape index (κ1) is 24.6. The number of halogens is 5. The molecule has 1 amide bonds. The van der Waals surface area contributed by atoms with E-state index in [0.717, 1.165) is 12.1 Å². The zero-order valence-corrected chi connectivity index (χ0v) is 19.7. The van der Waals surface area contributed by atoms with E-state index >= 15 is 0 Å². The quantitative estimate of drug-likeness (QED) is 0.544. The van der Waals surface area contributed by atoms with Gasteiger partial charge in [-0.1, -0.05) is 34.4 Å². The second kappa shape index (κ2) is 8.90. The highest BCUT2D eigenvalue weighted by Gasteiger charge is 2.63. The molecule has 0 aliphatic carbocycles. The van der Waals surface area contributed by atoms with Crippen LogP contribution in [0.1, 0.15) is 38.3 Å². The Bertz CT molecular complexity index is 1230. The molecule has 4 rings (SSSR count). The molecule has 2 aliphatic rings. The molecule has 178 valence electrons. The van der Waals surface area contributed by atoms with E-state index in [0.29, 0.717) is 11.3 Å². The molecule has 6 nitrogen and oxygen atoms in total. The van der Waals surface area contributed by atoms with Crippen LogP contribution in [0.2, 0.25) is 10.0 Å². The first-order valence-electron chi connectivity index (χ1n) is 9.80. The minimum absolute atomic E-state index is 0.0269. The molecule has 34 heavy (non-hydrogen) atoms. The standard InChI is InChI=1S/C22H15Cl2F3N2O4S/c1-10-4-11(2-3-15(10)19(32)28-20-17(30)9-34-20)18(31)16-8-21(33-29-16,22(25,26)27)12-5-13(23)7-14(24)6-12/h2-7,20H,8-9H2,1H3,(H,28,32)/t20?,21-/m0/s1. The summed E-state index contributed by atoms with van der Waals surface area (Å²) in [6, 6.07) is 7.46. The third-order valence-corrected chi connectivity index (χ3v) is 7.06. The van der Waals surface area contributed by atoms with Gasteiger partial charge in [-0.25, -0.2) is 0 Å². The second-order valence-electron chi connectivity index (χ2n) is 7.78. The molecule has 2 aromatic carbocycles. The van der Waals surface area contributed by atoms with Crippen LogP contribution >= 0.6 is 35.0 Å². The van der Waals surface area contributed by atoms with Crippen molar-refractivity contribution in [1.29, 1.82) is 0 Å². The normalized spacial score (nSPS) is 22.0. The van der Waals surface area contributed by atoms with Crippen LogP contribution < -0.4 is 5.32 Å². The van der Waals surface area contributed by atoms with E-state index in [1.807, 2.05) is 0 Å². The molecular formula is C22H15Cl2F3N2O4S. The number of amides is 1. The minimum Gasteiger partial charge on any atom is -0.374 e. The van der Waals surface area contributed by atoms with E-state index in [9.17, 15) is 27.6 Å². The van der Waals surface area contributed by atoms with Crippen LogP contribution in [0.5, 0.6) is 0 Å². The largest absolute Gasteiger partial charge is 0.435 e. The second-order valence-corrected chi connectivity index (χ2v) is 9.74. The van der Waals surface area contributed by atoms with E-state index in [1.54, 1.807) is 6.92 Å². The predicted molar refractivity (Wildman–Crippen MR) is 122 cm³/mol. The maximum Gasteiger partial charge on any atom is 0.435 e. The van der Waals surface area contributed by atoms with Gasteiger partial charge in [-0.05, 0) is 42.8 Å². The Morgan fingerprint density at radius 1 is 1.18 bits per heavy atom. The Balaban J connectivity index is 1.57. The lowest BCUT2D eigenvalue weighted by molar-refractivity contribution is -0.275. The molecule has 0 aromatic heterocycles. The maximum absolute atomic E-state index is 14.1. The fourth-order valence-electron chi connectivity index (χ4n) is 3.59. The topological polar surface area (TPSA) is 84.8 Å². The summed E-state index contributed by atoms with van der Waals surface area (Å²) in [5.74, 6) is -1.02. The molecule has 12 heteroatoms. The molecule has 2 heterocycles. The van der Waals surface area contributed by atoms with E-state index in [2.05, 4.69) is 10.5 Å². The molecule has 0 radical (unpaired) electrons. The Labute approximate surface area is 205 Å². The van der Waals surface area contributed by atoms with Crippen molar-refractivity contribution in [2.75, 3.05) is 5.75 Å². The van der Waals surface area contributed by atoms with E-state index in [1.165, 1.54) is 36.0 Å². The highest BCUT2D eigenvalue weighted by molar-refractivity contribution is 8.03. The van der Waals surface area contributed by atoms with E-state index in [-0.39, 0.29) is 32.5 Å². The van der Waals surface area contributed by atoms with Gasteiger partial charge in [0.15, 0.2) is 5.78 Å². The number of benzene rings is 2. The summed E-state index contributed by atoms with van der Waals surface area (Å²) in [4.78, 5) is 41.6. The number of nitrogens with one attached hydrogen (secondary N) is 1. The van der Waals surface area contributed by atoms with Crippen LogP contribution in [0.25, 0.3) is 0 Å². The monoisotopic (exact) mass is 530 g/mol. The number of carbonyl (C=O) groups is 3. The molecule has 1 N–H and O–H groups in total. The summed E-state index contributed by atoms with van der Waals surface area (Å²) >= 11 is 13.1. The van der Waals surface area contributed by atoms with Gasteiger partial charge in [0.05, 0.1) is 12.2 Å². The summed E-state index contributed by atoms with van der Waals surface area (Å²) in [5, 5.41) is 5.39. The van der Waals surface area contributed by atoms with Crippen molar-refractivity contribution in [3.63, 3.8) is 0 Å². The van der Waals surface area contributed by atoms with Crippen LogP contribution in [0.4, 0.5) is 13.2 Å². The average molecular weight is 531 g/mol. The lowest BCUT2D eigenvalue weighted by Gasteiger charge is -2.29. The smallest absolute Gasteiger partial charge is 0.374 e. The Kier molecular flexibility index (Phi) is 6.43. The number of hydrogen-bond donors (Lipinski definition) is 1. The molecule has 2 aromatic rings. The van der Waals surface area contributed by atoms with Gasteiger partial charge in [-0.2, -0.15) is 13.2 Å². The number of alkyl halides is 3. The molecule has 1 unspecified atom stereocenters. The Morgan fingerprint density at radius 3 is 2.38 bits per heavy atom. The fourth-order valence-corrected chi connectivity index (χ4v) is 4.78. The van der Waals surface area contributed by atoms with Gasteiger partial charge < -0.3 is 10.2 Å². The molecular weight excluding hydrogens is 516 g/mol. The molecule has 1 fully saturated rings. The maximum atomic E-state index is 14.1. The van der Waals surface area contributed by atoms with Gasteiger partial charge in [0, 0.05) is 26.7 Å². The number of carbonyl (C=O) groups excluding carboxylic acids is 3. The molecule has 0 spiro atoms. The van der Waals surface area contributed by atoms with Crippen molar-refractivity contribution in [3.05, 3.63) is 68.7 Å². The average Bonchev–Trinajstić information content (AvgIpc) is 3.22. The highest BCUT2D eigenvalue weighted by Crippen LogP contribution is 2.49. The minimum atomic E-state index is -4.93. The first-order valence-corrected chi connectivity index (χ1v) is 11.6. The number of nitrogens with zero attached hydrogens (tertiary/aromatic N) is 1. The Hall–Kier alpha value is -2.56. The van der Waals surface area contributed by atoms with Crippen LogP contribution in [0.15, 0.2) is 41.6 Å². The first-order chi connectivity index (χ1) is 15.9.